The SMILES string of the molecule is Cc1ccc(Nc2nccc(C#N)c2Cl)c(F)c1. The molecule has 0 unspecified atom stereocenters. The molecule has 0 atom stereocenters. The summed E-state index contributed by atoms with van der Waals surface area (Å²) in [5.74, 6) is -0.131. The van der Waals surface area contributed by atoms with Crippen molar-refractivity contribution in [1.82, 2.24) is 4.98 Å². The lowest BCUT2D eigenvalue weighted by molar-refractivity contribution is 0.630. The third kappa shape index (κ3) is 2.41. The first-order valence-electron chi connectivity index (χ1n) is 5.19. The number of nitrogens with one attached hydrogen (secondary N) is 1. The predicted octanol–water partition coefficient (Wildman–Crippen LogP) is 3.80. The zero-order chi connectivity index (χ0) is 13.1. The van der Waals surface area contributed by atoms with E-state index in [2.05, 4.69) is 10.3 Å². The Bertz CT molecular complexity index is 635. The Kier molecular flexibility index (Phi) is 3.45. The summed E-state index contributed by atoms with van der Waals surface area (Å²) >= 11 is 5.97. The zero-order valence-corrected chi connectivity index (χ0v) is 10.3. The molecule has 0 saturated carbocycles. The van der Waals surface area contributed by atoms with Gasteiger partial charge in [-0.15, -0.1) is 0 Å². The van der Waals surface area contributed by atoms with Crippen molar-refractivity contribution in [3.8, 4) is 6.07 Å². The minimum Gasteiger partial charge on any atom is -0.337 e. The van der Waals surface area contributed by atoms with Crippen LogP contribution in [0.1, 0.15) is 11.1 Å². The van der Waals surface area contributed by atoms with Crippen LogP contribution >= 0.6 is 11.6 Å². The van der Waals surface area contributed by atoms with Gasteiger partial charge in [0.1, 0.15) is 16.9 Å². The molecule has 1 heterocycles. The number of anilines is 2. The lowest BCUT2D eigenvalue weighted by Crippen LogP contribution is -1.98. The van der Waals surface area contributed by atoms with Gasteiger partial charge >= 0.3 is 0 Å². The number of aryl methyl sites for hydroxylation is 1. The Labute approximate surface area is 109 Å². The Morgan fingerprint density at radius 2 is 2.17 bits per heavy atom. The van der Waals surface area contributed by atoms with E-state index < -0.39 is 5.82 Å². The first kappa shape index (κ1) is 12.3. The van der Waals surface area contributed by atoms with Crippen molar-refractivity contribution >= 4 is 23.1 Å². The van der Waals surface area contributed by atoms with Crippen LogP contribution in [0.5, 0.6) is 0 Å². The molecular formula is C13H9ClFN3. The molecule has 3 nitrogen and oxygen atoms in total. The van der Waals surface area contributed by atoms with E-state index in [-0.39, 0.29) is 16.5 Å². The van der Waals surface area contributed by atoms with Crippen LogP contribution in [0, 0.1) is 24.1 Å². The van der Waals surface area contributed by atoms with Crippen LogP contribution in [0.15, 0.2) is 30.5 Å². The summed E-state index contributed by atoms with van der Waals surface area (Å²) in [6.45, 7) is 1.80. The molecule has 0 amide bonds. The highest BCUT2D eigenvalue weighted by molar-refractivity contribution is 6.34. The normalized spacial score (nSPS) is 9.89. The van der Waals surface area contributed by atoms with Crippen LogP contribution in [0.4, 0.5) is 15.9 Å². The van der Waals surface area contributed by atoms with Crippen molar-refractivity contribution in [2.45, 2.75) is 6.92 Å². The van der Waals surface area contributed by atoms with Crippen molar-refractivity contribution in [3.63, 3.8) is 0 Å². The monoisotopic (exact) mass is 261 g/mol. The lowest BCUT2D eigenvalue weighted by atomic mass is 10.2. The molecule has 0 aliphatic carbocycles. The number of nitriles is 1. The van der Waals surface area contributed by atoms with Crippen molar-refractivity contribution in [2.24, 2.45) is 0 Å². The van der Waals surface area contributed by atoms with E-state index in [1.54, 1.807) is 19.1 Å². The summed E-state index contributed by atoms with van der Waals surface area (Å²) in [5, 5.41) is 11.8. The van der Waals surface area contributed by atoms with Crippen LogP contribution < -0.4 is 5.32 Å². The second kappa shape index (κ2) is 5.03. The molecule has 90 valence electrons. The third-order valence-electron chi connectivity index (χ3n) is 2.39. The number of aromatic nitrogens is 1. The largest absolute Gasteiger partial charge is 0.337 e. The fraction of sp³-hybridized carbons (Fsp3) is 0.0769. The molecule has 0 radical (unpaired) electrons. The molecule has 0 saturated heterocycles. The summed E-state index contributed by atoms with van der Waals surface area (Å²) in [6.07, 6.45) is 1.44. The standard InChI is InChI=1S/C13H9ClFN3/c1-8-2-3-11(10(15)6-8)18-13-12(14)9(7-16)4-5-17-13/h2-6H,1H3,(H,17,18). The van der Waals surface area contributed by atoms with Crippen LogP contribution in [0.25, 0.3) is 0 Å². The van der Waals surface area contributed by atoms with Gasteiger partial charge in [-0.1, -0.05) is 17.7 Å². The van der Waals surface area contributed by atoms with E-state index in [4.69, 9.17) is 16.9 Å². The van der Waals surface area contributed by atoms with Gasteiger partial charge in [-0.2, -0.15) is 5.26 Å². The van der Waals surface area contributed by atoms with E-state index >= 15 is 0 Å². The van der Waals surface area contributed by atoms with Crippen molar-refractivity contribution < 1.29 is 4.39 Å². The maximum absolute atomic E-state index is 13.7. The summed E-state index contributed by atoms with van der Waals surface area (Å²) in [5.41, 5.74) is 1.38. The van der Waals surface area contributed by atoms with Crippen molar-refractivity contribution in [3.05, 3.63) is 52.4 Å². The lowest BCUT2D eigenvalue weighted by Gasteiger charge is -2.09. The quantitative estimate of drug-likeness (QED) is 0.895. The molecule has 0 fully saturated rings. The summed E-state index contributed by atoms with van der Waals surface area (Å²) in [6, 6.07) is 8.22. The van der Waals surface area contributed by atoms with Gasteiger partial charge in [0.2, 0.25) is 0 Å². The predicted molar refractivity (Wildman–Crippen MR) is 68.4 cm³/mol. The number of hydrogen-bond donors (Lipinski definition) is 1. The first-order valence-corrected chi connectivity index (χ1v) is 5.57. The topological polar surface area (TPSA) is 48.7 Å². The molecule has 0 aliphatic rings. The molecule has 2 aromatic rings. The molecule has 1 aromatic heterocycles. The molecule has 0 bridgehead atoms. The maximum atomic E-state index is 13.7. The second-order valence-electron chi connectivity index (χ2n) is 3.74. The highest BCUT2D eigenvalue weighted by atomic mass is 35.5. The third-order valence-corrected chi connectivity index (χ3v) is 2.77. The molecule has 5 heteroatoms. The molecule has 0 spiro atoms. The molecule has 1 aromatic carbocycles. The van der Waals surface area contributed by atoms with Gasteiger partial charge in [-0.25, -0.2) is 9.37 Å². The van der Waals surface area contributed by atoms with Crippen LogP contribution in [-0.2, 0) is 0 Å². The van der Waals surface area contributed by atoms with E-state index in [1.807, 2.05) is 6.07 Å². The highest BCUT2D eigenvalue weighted by Crippen LogP contribution is 2.27. The van der Waals surface area contributed by atoms with Crippen molar-refractivity contribution in [2.75, 3.05) is 5.32 Å². The number of nitrogens with zero attached hydrogens (tertiary/aromatic N) is 2. The Morgan fingerprint density at radius 1 is 1.39 bits per heavy atom. The smallest absolute Gasteiger partial charge is 0.150 e. The molecule has 0 aliphatic heterocycles. The molecular weight excluding hydrogens is 253 g/mol. The van der Waals surface area contributed by atoms with Crippen molar-refractivity contribution in [1.29, 1.82) is 5.26 Å². The van der Waals surface area contributed by atoms with Gasteiger partial charge in [-0.3, -0.25) is 0 Å². The second-order valence-corrected chi connectivity index (χ2v) is 4.12. The van der Waals surface area contributed by atoms with Crippen LogP contribution in [-0.4, -0.2) is 4.98 Å². The number of hydrogen-bond acceptors (Lipinski definition) is 3. The first-order chi connectivity index (χ1) is 8.61. The van der Waals surface area contributed by atoms with Gasteiger partial charge in [0.05, 0.1) is 11.3 Å². The van der Waals surface area contributed by atoms with Crippen LogP contribution in [0.3, 0.4) is 0 Å². The fourth-order valence-electron chi connectivity index (χ4n) is 1.47. The number of halogens is 2. The fourth-order valence-corrected chi connectivity index (χ4v) is 1.67. The summed E-state index contributed by atoms with van der Waals surface area (Å²) in [4.78, 5) is 3.98. The highest BCUT2D eigenvalue weighted by Gasteiger charge is 2.09. The van der Waals surface area contributed by atoms with Gasteiger partial charge < -0.3 is 5.32 Å². The van der Waals surface area contributed by atoms with E-state index in [0.717, 1.165) is 5.56 Å². The molecule has 1 N–H and O–H groups in total. The summed E-state index contributed by atoms with van der Waals surface area (Å²) in [7, 11) is 0. The Balaban J connectivity index is 2.38. The average Bonchev–Trinajstić information content (AvgIpc) is 2.35. The average molecular weight is 262 g/mol. The van der Waals surface area contributed by atoms with Gasteiger partial charge in [0.25, 0.3) is 0 Å². The zero-order valence-electron chi connectivity index (χ0n) is 9.54. The molecule has 2 rings (SSSR count). The van der Waals surface area contributed by atoms with Gasteiger partial charge in [0.15, 0.2) is 5.82 Å². The van der Waals surface area contributed by atoms with E-state index in [1.165, 1.54) is 18.3 Å². The van der Waals surface area contributed by atoms with Gasteiger partial charge in [0, 0.05) is 6.20 Å². The summed E-state index contributed by atoms with van der Waals surface area (Å²) < 4.78 is 13.7. The maximum Gasteiger partial charge on any atom is 0.150 e. The number of rotatable bonds is 2. The number of benzene rings is 1. The minimum atomic E-state index is -0.393. The van der Waals surface area contributed by atoms with Crippen LogP contribution in [0.2, 0.25) is 5.02 Å². The van der Waals surface area contributed by atoms with E-state index in [0.29, 0.717) is 5.56 Å². The Morgan fingerprint density at radius 3 is 2.83 bits per heavy atom. The molecule has 18 heavy (non-hydrogen) atoms. The van der Waals surface area contributed by atoms with E-state index in [9.17, 15) is 4.39 Å². The Hall–Kier alpha value is -2.12. The minimum absolute atomic E-state index is 0.181. The van der Waals surface area contributed by atoms with Gasteiger partial charge in [-0.05, 0) is 30.7 Å². The number of pyridine rings is 1.